The lowest BCUT2D eigenvalue weighted by Crippen LogP contribution is -2.20. The first-order valence-corrected chi connectivity index (χ1v) is 11.3. The van der Waals surface area contributed by atoms with Gasteiger partial charge in [0.2, 0.25) is 0 Å². The summed E-state index contributed by atoms with van der Waals surface area (Å²) in [5.74, 6) is 0.231. The molecule has 4 nitrogen and oxygen atoms in total. The van der Waals surface area contributed by atoms with E-state index in [0.717, 1.165) is 17.7 Å². The van der Waals surface area contributed by atoms with Crippen molar-refractivity contribution >= 4 is 14.9 Å². The van der Waals surface area contributed by atoms with Crippen LogP contribution in [0.2, 0.25) is 0 Å². The highest BCUT2D eigenvalue weighted by molar-refractivity contribution is 7.18. The molecule has 0 aliphatic rings. The maximum Gasteiger partial charge on any atom is 0.416 e. The quantitative estimate of drug-likeness (QED) is 0.198. The van der Waals surface area contributed by atoms with Crippen molar-refractivity contribution < 1.29 is 26.7 Å². The summed E-state index contributed by atoms with van der Waals surface area (Å²) < 4.78 is 68.7. The normalized spacial score (nSPS) is 12.7. The SMILES string of the molecule is C=C(NC(C)c1ccc(OCC(F)(F)P)cn1)/C(C)=C/NC(=C)c1ccc(C(F)(F)F)cc1.CC. The molecule has 1 heterocycles. The van der Waals surface area contributed by atoms with Gasteiger partial charge in [0.15, 0.2) is 6.61 Å². The summed E-state index contributed by atoms with van der Waals surface area (Å²) in [6.07, 6.45) is -1.39. The average molecular weight is 516 g/mol. The molecular weight excluding hydrogens is 484 g/mol. The minimum atomic E-state index is -4.39. The summed E-state index contributed by atoms with van der Waals surface area (Å²) in [6.45, 7) is 14.7. The molecule has 0 fully saturated rings. The highest BCUT2D eigenvalue weighted by Gasteiger charge is 2.30. The summed E-state index contributed by atoms with van der Waals surface area (Å²) >= 11 is 0. The van der Waals surface area contributed by atoms with Crippen molar-refractivity contribution in [1.82, 2.24) is 15.6 Å². The topological polar surface area (TPSA) is 46.2 Å². The zero-order chi connectivity index (χ0) is 26.8. The van der Waals surface area contributed by atoms with Crippen LogP contribution >= 0.6 is 9.24 Å². The van der Waals surface area contributed by atoms with Crippen LogP contribution in [-0.2, 0) is 6.18 Å². The molecular formula is C25H31F5N3OP. The van der Waals surface area contributed by atoms with E-state index in [0.29, 0.717) is 22.7 Å². The van der Waals surface area contributed by atoms with Gasteiger partial charge in [0.1, 0.15) is 5.75 Å². The molecule has 0 aliphatic carbocycles. The van der Waals surface area contributed by atoms with Crippen LogP contribution < -0.4 is 15.4 Å². The Labute approximate surface area is 205 Å². The third-order valence-corrected chi connectivity index (χ3v) is 4.69. The summed E-state index contributed by atoms with van der Waals surface area (Å²) in [6, 6.07) is 7.65. The molecule has 0 radical (unpaired) electrons. The molecule has 2 atom stereocenters. The Balaban J connectivity index is 0.00000298. The first kappa shape index (κ1) is 30.1. The first-order valence-electron chi connectivity index (χ1n) is 10.8. The minimum absolute atomic E-state index is 0.231. The predicted octanol–water partition coefficient (Wildman–Crippen LogP) is 7.30. The Morgan fingerprint density at radius 3 is 2.17 bits per heavy atom. The Morgan fingerprint density at radius 2 is 1.69 bits per heavy atom. The number of pyridine rings is 1. The van der Waals surface area contributed by atoms with Gasteiger partial charge in [0.05, 0.1) is 23.5 Å². The van der Waals surface area contributed by atoms with Crippen molar-refractivity contribution in [1.29, 1.82) is 0 Å². The number of benzene rings is 1. The van der Waals surface area contributed by atoms with Crippen molar-refractivity contribution in [2.75, 3.05) is 6.61 Å². The van der Waals surface area contributed by atoms with Crippen LogP contribution in [-0.4, -0.2) is 17.3 Å². The molecule has 1 aromatic carbocycles. The van der Waals surface area contributed by atoms with Crippen LogP contribution in [0.4, 0.5) is 22.0 Å². The van der Waals surface area contributed by atoms with Crippen molar-refractivity contribution in [3.63, 3.8) is 0 Å². The van der Waals surface area contributed by atoms with Gasteiger partial charge < -0.3 is 15.4 Å². The second kappa shape index (κ2) is 13.2. The third-order valence-electron chi connectivity index (χ3n) is 4.52. The fourth-order valence-electron chi connectivity index (χ4n) is 2.59. The lowest BCUT2D eigenvalue weighted by Gasteiger charge is -2.18. The predicted molar refractivity (Wildman–Crippen MR) is 134 cm³/mol. The molecule has 0 saturated heterocycles. The number of halogens is 5. The largest absolute Gasteiger partial charge is 0.485 e. The smallest absolute Gasteiger partial charge is 0.416 e. The van der Waals surface area contributed by atoms with E-state index >= 15 is 0 Å². The molecule has 1 aromatic heterocycles. The Morgan fingerprint density at radius 1 is 1.09 bits per heavy atom. The fraction of sp³-hybridized carbons (Fsp3) is 0.320. The van der Waals surface area contributed by atoms with Crippen LogP contribution in [0, 0.1) is 0 Å². The number of nitrogens with zero attached hydrogens (tertiary/aromatic N) is 1. The molecule has 0 aliphatic heterocycles. The standard InChI is InChI=1S/C23H25F5N3OP.C2H6/c1-14(11-29-16(3)18-5-7-19(8-6-18)23(26,27)28)15(2)31-17(4)21-10-9-20(12-30-21)32-13-22(24,25)33;1-2/h5-12,17,29,31H,2-3,13,33H2,1,4H3;1-2H3/b14-11+;. The summed E-state index contributed by atoms with van der Waals surface area (Å²) in [5.41, 5.74) is -0.829. The van der Waals surface area contributed by atoms with Crippen LogP contribution in [0.3, 0.4) is 0 Å². The summed E-state index contributed by atoms with van der Waals surface area (Å²) in [5, 5.41) is 6.13. The maximum atomic E-state index is 12.8. The van der Waals surface area contributed by atoms with Gasteiger partial charge in [-0.05, 0) is 49.2 Å². The molecule has 2 aromatic rings. The third kappa shape index (κ3) is 10.5. The highest BCUT2D eigenvalue weighted by Crippen LogP contribution is 2.29. The molecule has 2 unspecified atom stereocenters. The van der Waals surface area contributed by atoms with Gasteiger partial charge in [-0.2, -0.15) is 22.0 Å². The van der Waals surface area contributed by atoms with Gasteiger partial charge in [-0.1, -0.05) is 48.4 Å². The molecule has 192 valence electrons. The average Bonchev–Trinajstić information content (AvgIpc) is 2.81. The van der Waals surface area contributed by atoms with E-state index < -0.39 is 24.0 Å². The van der Waals surface area contributed by atoms with Crippen LogP contribution in [0.5, 0.6) is 5.75 Å². The molecule has 0 bridgehead atoms. The number of nitrogens with one attached hydrogen (secondary N) is 2. The number of ether oxygens (including phenoxy) is 1. The van der Waals surface area contributed by atoms with Crippen molar-refractivity contribution in [3.8, 4) is 5.75 Å². The number of alkyl halides is 5. The van der Waals surface area contributed by atoms with Gasteiger partial charge in [-0.3, -0.25) is 4.98 Å². The van der Waals surface area contributed by atoms with Gasteiger partial charge in [0, 0.05) is 17.6 Å². The lowest BCUT2D eigenvalue weighted by molar-refractivity contribution is -0.137. The number of aromatic nitrogens is 1. The van der Waals surface area contributed by atoms with Crippen LogP contribution in [0.25, 0.3) is 5.70 Å². The zero-order valence-electron chi connectivity index (χ0n) is 20.1. The molecule has 0 saturated carbocycles. The van der Waals surface area contributed by atoms with Gasteiger partial charge >= 0.3 is 6.18 Å². The summed E-state index contributed by atoms with van der Waals surface area (Å²) in [7, 11) is 1.41. The molecule has 35 heavy (non-hydrogen) atoms. The van der Waals surface area contributed by atoms with Gasteiger partial charge in [-0.25, -0.2) is 0 Å². The molecule has 2 N–H and O–H groups in total. The van der Waals surface area contributed by atoms with Crippen LogP contribution in [0.1, 0.15) is 50.6 Å². The number of allylic oxidation sites excluding steroid dienone is 1. The van der Waals surface area contributed by atoms with Crippen LogP contribution in [0.15, 0.2) is 73.2 Å². The number of hydrogen-bond donors (Lipinski definition) is 2. The second-order valence-corrected chi connectivity index (χ2v) is 8.18. The number of rotatable bonds is 10. The van der Waals surface area contributed by atoms with E-state index in [1.165, 1.54) is 27.6 Å². The Hall–Kier alpha value is -2.93. The van der Waals surface area contributed by atoms with E-state index in [-0.39, 0.29) is 11.8 Å². The van der Waals surface area contributed by atoms with E-state index in [2.05, 4.69) is 28.8 Å². The highest BCUT2D eigenvalue weighted by atomic mass is 31.0. The van der Waals surface area contributed by atoms with E-state index in [9.17, 15) is 22.0 Å². The van der Waals surface area contributed by atoms with E-state index in [4.69, 9.17) is 4.74 Å². The first-order chi connectivity index (χ1) is 16.3. The zero-order valence-corrected chi connectivity index (χ0v) is 21.3. The lowest BCUT2D eigenvalue weighted by atomic mass is 10.1. The second-order valence-electron chi connectivity index (χ2n) is 7.34. The summed E-state index contributed by atoms with van der Waals surface area (Å²) in [4.78, 5) is 4.22. The van der Waals surface area contributed by atoms with E-state index in [1.807, 2.05) is 20.8 Å². The van der Waals surface area contributed by atoms with Crippen molar-refractivity contribution in [3.05, 3.63) is 90.0 Å². The molecule has 10 heteroatoms. The molecule has 2 rings (SSSR count). The maximum absolute atomic E-state index is 12.8. The van der Waals surface area contributed by atoms with E-state index in [1.54, 1.807) is 25.3 Å². The van der Waals surface area contributed by atoms with Crippen molar-refractivity contribution in [2.45, 2.75) is 45.6 Å². The number of hydrogen-bond acceptors (Lipinski definition) is 4. The Bertz CT molecular complexity index is 998. The van der Waals surface area contributed by atoms with Gasteiger partial charge in [0.25, 0.3) is 5.66 Å². The Kier molecular flexibility index (Phi) is 11.4. The monoisotopic (exact) mass is 515 g/mol. The fourth-order valence-corrected chi connectivity index (χ4v) is 2.67. The molecule has 0 spiro atoms. The van der Waals surface area contributed by atoms with Crippen molar-refractivity contribution in [2.24, 2.45) is 0 Å². The molecule has 0 amide bonds. The van der Waals surface area contributed by atoms with Gasteiger partial charge in [-0.15, -0.1) is 0 Å². The minimum Gasteiger partial charge on any atom is -0.485 e.